The van der Waals surface area contributed by atoms with Crippen LogP contribution in [0.5, 0.6) is 5.75 Å². The van der Waals surface area contributed by atoms with Gasteiger partial charge in [-0.25, -0.2) is 9.67 Å². The Kier molecular flexibility index (Phi) is 5.45. The fraction of sp³-hybridized carbons (Fsp3) is 0.368. The summed E-state index contributed by atoms with van der Waals surface area (Å²) in [7, 11) is 0. The van der Waals surface area contributed by atoms with Crippen LogP contribution in [-0.2, 0) is 4.74 Å². The summed E-state index contributed by atoms with van der Waals surface area (Å²) in [6.45, 7) is 7.54. The predicted molar refractivity (Wildman–Crippen MR) is 111 cm³/mol. The summed E-state index contributed by atoms with van der Waals surface area (Å²) in [5, 5.41) is 6.40. The van der Waals surface area contributed by atoms with E-state index < -0.39 is 0 Å². The minimum absolute atomic E-state index is 0.0697. The Morgan fingerprint density at radius 2 is 2.15 bits per heavy atom. The quantitative estimate of drug-likeness (QED) is 0.509. The smallest absolute Gasteiger partial charge is 0.211 e. The van der Waals surface area contributed by atoms with E-state index in [4.69, 9.17) is 26.1 Å². The standard InChI is InChI=1S/C19H20ClN3O2S2/c1-11(2)26-18-17(21-19(27-18)23-7-6-12(3)22-23)13-4-5-15(20)16(8-13)25-14-9-24-10-14/h4-8,11,14H,9-10H2,1-3H3. The Morgan fingerprint density at radius 1 is 1.33 bits per heavy atom. The molecule has 142 valence electrons. The molecular formula is C19H20ClN3O2S2. The molecule has 0 aliphatic carbocycles. The summed E-state index contributed by atoms with van der Waals surface area (Å²) in [5.41, 5.74) is 2.90. The SMILES string of the molecule is Cc1ccn(-c2nc(-c3ccc(Cl)c(OC4COC4)c3)c(SC(C)C)s2)n1. The van der Waals surface area contributed by atoms with Gasteiger partial charge in [0.25, 0.3) is 0 Å². The molecule has 0 amide bonds. The average molecular weight is 422 g/mol. The van der Waals surface area contributed by atoms with E-state index in [0.717, 1.165) is 26.3 Å². The zero-order valence-corrected chi connectivity index (χ0v) is 17.7. The third-order valence-corrected chi connectivity index (χ3v) is 6.52. The van der Waals surface area contributed by atoms with Crippen LogP contribution in [0.1, 0.15) is 19.5 Å². The minimum Gasteiger partial charge on any atom is -0.484 e. The summed E-state index contributed by atoms with van der Waals surface area (Å²) in [6.07, 6.45) is 2.01. The van der Waals surface area contributed by atoms with Crippen LogP contribution in [0.15, 0.2) is 34.7 Å². The van der Waals surface area contributed by atoms with Gasteiger partial charge in [-0.15, -0.1) is 11.8 Å². The number of benzene rings is 1. The normalized spacial score (nSPS) is 14.6. The summed E-state index contributed by atoms with van der Waals surface area (Å²) in [5.74, 6) is 0.674. The second kappa shape index (κ2) is 7.83. The zero-order chi connectivity index (χ0) is 19.0. The monoisotopic (exact) mass is 421 g/mol. The third-order valence-electron chi connectivity index (χ3n) is 3.95. The lowest BCUT2D eigenvalue weighted by Gasteiger charge is -2.27. The topological polar surface area (TPSA) is 49.2 Å². The maximum absolute atomic E-state index is 6.33. The van der Waals surface area contributed by atoms with Crippen molar-refractivity contribution in [1.29, 1.82) is 0 Å². The van der Waals surface area contributed by atoms with Crippen LogP contribution < -0.4 is 4.74 Å². The van der Waals surface area contributed by atoms with Crippen molar-refractivity contribution in [3.8, 4) is 22.1 Å². The van der Waals surface area contributed by atoms with Crippen molar-refractivity contribution in [2.24, 2.45) is 0 Å². The van der Waals surface area contributed by atoms with Crippen LogP contribution in [0.3, 0.4) is 0 Å². The zero-order valence-electron chi connectivity index (χ0n) is 15.3. The largest absolute Gasteiger partial charge is 0.484 e. The lowest BCUT2D eigenvalue weighted by molar-refractivity contribution is -0.0796. The average Bonchev–Trinajstić information content (AvgIpc) is 3.18. The first-order valence-electron chi connectivity index (χ1n) is 8.74. The molecule has 1 aromatic carbocycles. The molecule has 3 aromatic rings. The molecule has 0 radical (unpaired) electrons. The van der Waals surface area contributed by atoms with Crippen LogP contribution in [0.2, 0.25) is 5.02 Å². The van der Waals surface area contributed by atoms with E-state index in [-0.39, 0.29) is 6.10 Å². The molecule has 4 rings (SSSR count). The van der Waals surface area contributed by atoms with E-state index in [9.17, 15) is 0 Å². The fourth-order valence-electron chi connectivity index (χ4n) is 2.59. The van der Waals surface area contributed by atoms with Gasteiger partial charge in [-0.05, 0) is 25.1 Å². The van der Waals surface area contributed by atoms with Gasteiger partial charge in [-0.2, -0.15) is 5.10 Å². The number of aromatic nitrogens is 3. The molecule has 1 saturated heterocycles. The van der Waals surface area contributed by atoms with Crippen LogP contribution >= 0.6 is 34.7 Å². The second-order valence-corrected chi connectivity index (χ2v) is 9.85. The van der Waals surface area contributed by atoms with Gasteiger partial charge in [0.1, 0.15) is 11.9 Å². The van der Waals surface area contributed by atoms with E-state index in [1.54, 1.807) is 23.1 Å². The third kappa shape index (κ3) is 4.16. The molecule has 1 aliphatic heterocycles. The molecule has 0 spiro atoms. The molecule has 1 aliphatic rings. The summed E-state index contributed by atoms with van der Waals surface area (Å²) in [6, 6.07) is 7.81. The van der Waals surface area contributed by atoms with Crippen LogP contribution in [0.4, 0.5) is 0 Å². The van der Waals surface area contributed by atoms with Crippen molar-refractivity contribution in [2.75, 3.05) is 13.2 Å². The number of nitrogens with zero attached hydrogens (tertiary/aromatic N) is 3. The number of hydrogen-bond donors (Lipinski definition) is 0. The predicted octanol–water partition coefficient (Wildman–Crippen LogP) is 5.24. The highest BCUT2D eigenvalue weighted by atomic mass is 35.5. The van der Waals surface area contributed by atoms with Gasteiger partial charge in [0.05, 0.1) is 33.8 Å². The highest BCUT2D eigenvalue weighted by Crippen LogP contribution is 2.41. The number of halogens is 1. The van der Waals surface area contributed by atoms with Crippen molar-refractivity contribution in [2.45, 2.75) is 36.3 Å². The number of thioether (sulfide) groups is 1. The molecule has 3 heterocycles. The first kappa shape index (κ1) is 18.8. The Hall–Kier alpha value is -1.54. The molecule has 0 N–H and O–H groups in total. The molecule has 5 nitrogen and oxygen atoms in total. The van der Waals surface area contributed by atoms with Gasteiger partial charge in [-0.1, -0.05) is 42.9 Å². The molecular weight excluding hydrogens is 402 g/mol. The highest BCUT2D eigenvalue weighted by Gasteiger charge is 2.23. The fourth-order valence-corrected chi connectivity index (χ4v) is 5.21. The highest BCUT2D eigenvalue weighted by molar-refractivity contribution is 8.01. The van der Waals surface area contributed by atoms with Gasteiger partial charge >= 0.3 is 0 Å². The Labute approximate surface area is 171 Å². The van der Waals surface area contributed by atoms with E-state index in [2.05, 4.69) is 18.9 Å². The molecule has 1 fully saturated rings. The Bertz CT molecular complexity index is 950. The molecule has 8 heteroatoms. The van der Waals surface area contributed by atoms with E-state index in [1.807, 2.05) is 42.1 Å². The minimum atomic E-state index is 0.0697. The number of hydrogen-bond acceptors (Lipinski definition) is 6. The van der Waals surface area contributed by atoms with Crippen LogP contribution in [0.25, 0.3) is 16.4 Å². The van der Waals surface area contributed by atoms with E-state index >= 15 is 0 Å². The number of rotatable bonds is 6. The number of aryl methyl sites for hydroxylation is 1. The van der Waals surface area contributed by atoms with Crippen molar-refractivity contribution in [3.63, 3.8) is 0 Å². The van der Waals surface area contributed by atoms with Gasteiger partial charge in [0, 0.05) is 17.0 Å². The Morgan fingerprint density at radius 3 is 2.78 bits per heavy atom. The lowest BCUT2D eigenvalue weighted by atomic mass is 10.1. The van der Waals surface area contributed by atoms with Crippen LogP contribution in [0, 0.1) is 6.92 Å². The first-order chi connectivity index (χ1) is 13.0. The number of ether oxygens (including phenoxy) is 2. The molecule has 0 unspecified atom stereocenters. The Balaban J connectivity index is 1.72. The molecule has 27 heavy (non-hydrogen) atoms. The van der Waals surface area contributed by atoms with Crippen molar-refractivity contribution in [1.82, 2.24) is 14.8 Å². The maximum Gasteiger partial charge on any atom is 0.211 e. The van der Waals surface area contributed by atoms with Crippen molar-refractivity contribution in [3.05, 3.63) is 41.2 Å². The molecule has 0 bridgehead atoms. The first-order valence-corrected chi connectivity index (χ1v) is 10.8. The molecule has 2 aromatic heterocycles. The molecule has 0 atom stereocenters. The van der Waals surface area contributed by atoms with E-state index in [1.165, 1.54) is 0 Å². The van der Waals surface area contributed by atoms with Gasteiger partial charge < -0.3 is 9.47 Å². The summed E-state index contributed by atoms with van der Waals surface area (Å²) >= 11 is 9.78. The number of thiazole rings is 1. The van der Waals surface area contributed by atoms with Gasteiger partial charge in [0.15, 0.2) is 0 Å². The van der Waals surface area contributed by atoms with Crippen molar-refractivity contribution < 1.29 is 9.47 Å². The lowest BCUT2D eigenvalue weighted by Crippen LogP contribution is -2.38. The maximum atomic E-state index is 6.33. The molecule has 0 saturated carbocycles. The summed E-state index contributed by atoms with van der Waals surface area (Å²) in [4.78, 5) is 4.88. The van der Waals surface area contributed by atoms with Crippen molar-refractivity contribution >= 4 is 34.7 Å². The van der Waals surface area contributed by atoms with E-state index in [0.29, 0.717) is 29.2 Å². The second-order valence-electron chi connectivity index (χ2n) is 6.62. The van der Waals surface area contributed by atoms with Gasteiger partial charge in [-0.3, -0.25) is 0 Å². The van der Waals surface area contributed by atoms with Gasteiger partial charge in [0.2, 0.25) is 5.13 Å². The summed E-state index contributed by atoms with van der Waals surface area (Å²) < 4.78 is 14.1. The van der Waals surface area contributed by atoms with Crippen LogP contribution in [-0.4, -0.2) is 39.3 Å².